The van der Waals surface area contributed by atoms with E-state index in [-0.39, 0.29) is 29.0 Å². The summed E-state index contributed by atoms with van der Waals surface area (Å²) in [6.07, 6.45) is -4.80. The van der Waals surface area contributed by atoms with Crippen molar-refractivity contribution in [2.75, 3.05) is 5.32 Å². The van der Waals surface area contributed by atoms with E-state index in [2.05, 4.69) is 31.7 Å². The number of fused-ring (bicyclic) bond motifs is 1. The number of amides is 1. The van der Waals surface area contributed by atoms with Gasteiger partial charge in [0.15, 0.2) is 11.7 Å². The number of nitrogens with zero attached hydrogens (tertiary/aromatic N) is 2. The molecule has 0 saturated carbocycles. The normalized spacial score (nSPS) is 18.2. The molecule has 0 spiro atoms. The topological polar surface area (TPSA) is 59.0 Å². The molecular formula is C21H17BrF4N4O. The van der Waals surface area contributed by atoms with Crippen molar-refractivity contribution in [2.24, 2.45) is 0 Å². The molecule has 0 unspecified atom stereocenters. The number of benzene rings is 2. The Labute approximate surface area is 183 Å². The van der Waals surface area contributed by atoms with Crippen LogP contribution in [0.3, 0.4) is 0 Å². The molecule has 0 fully saturated rings. The lowest BCUT2D eigenvalue weighted by atomic mass is 9.97. The summed E-state index contributed by atoms with van der Waals surface area (Å²) >= 11 is 3.24. The van der Waals surface area contributed by atoms with Crippen LogP contribution < -0.4 is 10.6 Å². The van der Waals surface area contributed by atoms with E-state index in [0.717, 1.165) is 4.68 Å². The van der Waals surface area contributed by atoms with Crippen LogP contribution in [0.5, 0.6) is 0 Å². The van der Waals surface area contributed by atoms with Crippen LogP contribution in [-0.4, -0.2) is 21.9 Å². The molecule has 2 atom stereocenters. The van der Waals surface area contributed by atoms with Gasteiger partial charge in [0, 0.05) is 13.0 Å². The lowest BCUT2D eigenvalue weighted by Gasteiger charge is -2.33. The van der Waals surface area contributed by atoms with Gasteiger partial charge in [-0.05, 0) is 39.2 Å². The zero-order valence-electron chi connectivity index (χ0n) is 16.0. The first-order chi connectivity index (χ1) is 14.7. The molecule has 0 bridgehead atoms. The van der Waals surface area contributed by atoms with E-state index in [1.54, 1.807) is 30.3 Å². The van der Waals surface area contributed by atoms with Crippen LogP contribution in [0.25, 0.3) is 0 Å². The fraction of sp³-hybridized carbons (Fsp3) is 0.238. The Kier molecular flexibility index (Phi) is 5.74. The van der Waals surface area contributed by atoms with E-state index in [1.165, 1.54) is 24.3 Å². The number of halogens is 5. The van der Waals surface area contributed by atoms with Crippen molar-refractivity contribution in [3.63, 3.8) is 0 Å². The number of anilines is 1. The molecule has 10 heteroatoms. The van der Waals surface area contributed by atoms with Gasteiger partial charge in [-0.25, -0.2) is 9.07 Å². The zero-order chi connectivity index (χ0) is 22.2. The van der Waals surface area contributed by atoms with Crippen molar-refractivity contribution in [2.45, 2.75) is 31.2 Å². The molecule has 2 N–H and O–H groups in total. The van der Waals surface area contributed by atoms with Gasteiger partial charge in [0.2, 0.25) is 0 Å². The highest BCUT2D eigenvalue weighted by atomic mass is 79.9. The summed E-state index contributed by atoms with van der Waals surface area (Å²) in [5.41, 5.74) is 1.19. The highest BCUT2D eigenvalue weighted by Crippen LogP contribution is 2.46. The monoisotopic (exact) mass is 496 g/mol. The van der Waals surface area contributed by atoms with Crippen molar-refractivity contribution >= 4 is 27.7 Å². The first-order valence-corrected chi connectivity index (χ1v) is 10.2. The minimum Gasteiger partial charge on any atom is -0.362 e. The molecular weight excluding hydrogens is 480 g/mol. The van der Waals surface area contributed by atoms with Gasteiger partial charge in [-0.1, -0.05) is 42.5 Å². The third kappa shape index (κ3) is 4.43. The fourth-order valence-electron chi connectivity index (χ4n) is 3.51. The highest BCUT2D eigenvalue weighted by Gasteiger charge is 2.47. The summed E-state index contributed by atoms with van der Waals surface area (Å²) in [6, 6.07) is 11.9. The van der Waals surface area contributed by atoms with Crippen LogP contribution in [0.15, 0.2) is 59.1 Å². The fourth-order valence-corrected chi connectivity index (χ4v) is 4.06. The molecule has 162 valence electrons. The van der Waals surface area contributed by atoms with Crippen LogP contribution >= 0.6 is 15.9 Å². The quantitative estimate of drug-likeness (QED) is 0.477. The summed E-state index contributed by atoms with van der Waals surface area (Å²) in [5, 5.41) is 9.64. The lowest BCUT2D eigenvalue weighted by molar-refractivity contribution is -0.173. The van der Waals surface area contributed by atoms with E-state index in [1.807, 2.05) is 0 Å². The Balaban J connectivity index is 1.62. The van der Waals surface area contributed by atoms with Crippen LogP contribution in [-0.2, 0) is 6.54 Å². The second kappa shape index (κ2) is 8.33. The van der Waals surface area contributed by atoms with Gasteiger partial charge in [-0.15, -0.1) is 0 Å². The van der Waals surface area contributed by atoms with Gasteiger partial charge < -0.3 is 10.6 Å². The Bertz CT molecular complexity index is 1080. The molecule has 5 nitrogen and oxygen atoms in total. The molecule has 1 amide bonds. The second-order valence-electron chi connectivity index (χ2n) is 7.17. The number of hydrogen-bond donors (Lipinski definition) is 2. The molecule has 4 rings (SSSR count). The minimum atomic E-state index is -4.54. The molecule has 2 heterocycles. The molecule has 0 saturated heterocycles. The SMILES string of the molecule is O=C(NCc1ccc(F)cc1)c1nn2c(c1Br)N[C@@H](c1ccccc1)C[C@@H]2C(F)(F)F. The zero-order valence-corrected chi connectivity index (χ0v) is 17.5. The molecule has 0 aliphatic carbocycles. The maximum absolute atomic E-state index is 13.8. The summed E-state index contributed by atoms with van der Waals surface area (Å²) in [6.45, 7) is 0.0799. The first-order valence-electron chi connectivity index (χ1n) is 9.43. The number of carbonyl (C=O) groups is 1. The van der Waals surface area contributed by atoms with E-state index in [0.29, 0.717) is 11.1 Å². The second-order valence-corrected chi connectivity index (χ2v) is 7.96. The Morgan fingerprint density at radius 3 is 2.48 bits per heavy atom. The average Bonchev–Trinajstić information content (AvgIpc) is 3.09. The smallest absolute Gasteiger partial charge is 0.362 e. The maximum atomic E-state index is 13.8. The first kappa shape index (κ1) is 21.4. The molecule has 1 aliphatic rings. The van der Waals surface area contributed by atoms with E-state index in [4.69, 9.17) is 0 Å². The van der Waals surface area contributed by atoms with Gasteiger partial charge in [0.05, 0.1) is 10.5 Å². The van der Waals surface area contributed by atoms with E-state index >= 15 is 0 Å². The predicted molar refractivity (Wildman–Crippen MR) is 110 cm³/mol. The number of hydrogen-bond acceptors (Lipinski definition) is 3. The Hall–Kier alpha value is -2.88. The molecule has 3 aromatic rings. The van der Waals surface area contributed by atoms with Crippen LogP contribution in [0.4, 0.5) is 23.4 Å². The summed E-state index contributed by atoms with van der Waals surface area (Å²) in [5.74, 6) is -0.955. The summed E-state index contributed by atoms with van der Waals surface area (Å²) in [4.78, 5) is 12.6. The molecule has 1 aliphatic heterocycles. The van der Waals surface area contributed by atoms with Gasteiger partial charge >= 0.3 is 6.18 Å². The van der Waals surface area contributed by atoms with E-state index in [9.17, 15) is 22.4 Å². The maximum Gasteiger partial charge on any atom is 0.410 e. The molecule has 2 aromatic carbocycles. The van der Waals surface area contributed by atoms with Crippen LogP contribution in [0, 0.1) is 5.82 Å². The van der Waals surface area contributed by atoms with Crippen molar-refractivity contribution in [1.29, 1.82) is 0 Å². The molecule has 1 aromatic heterocycles. The third-order valence-electron chi connectivity index (χ3n) is 5.08. The van der Waals surface area contributed by atoms with Crippen LogP contribution in [0.2, 0.25) is 0 Å². The number of alkyl halides is 3. The Morgan fingerprint density at radius 2 is 1.84 bits per heavy atom. The standard InChI is InChI=1S/C21H17BrF4N4O/c22-17-18(20(31)27-11-12-6-8-14(23)9-7-12)29-30-16(21(24,25)26)10-15(28-19(17)30)13-4-2-1-3-5-13/h1-9,15-16,28H,10-11H2,(H,27,31)/t15-,16-/m1/s1. The van der Waals surface area contributed by atoms with Crippen molar-refractivity contribution < 1.29 is 22.4 Å². The lowest BCUT2D eigenvalue weighted by Crippen LogP contribution is -2.35. The number of aromatic nitrogens is 2. The van der Waals surface area contributed by atoms with Gasteiger partial charge in [0.25, 0.3) is 5.91 Å². The summed E-state index contributed by atoms with van der Waals surface area (Å²) < 4.78 is 55.4. The van der Waals surface area contributed by atoms with Crippen molar-refractivity contribution in [3.8, 4) is 0 Å². The van der Waals surface area contributed by atoms with Gasteiger partial charge in [-0.2, -0.15) is 18.3 Å². The van der Waals surface area contributed by atoms with Gasteiger partial charge in [0.1, 0.15) is 11.6 Å². The van der Waals surface area contributed by atoms with Gasteiger partial charge in [-0.3, -0.25) is 4.79 Å². The number of rotatable bonds is 4. The third-order valence-corrected chi connectivity index (χ3v) is 5.83. The predicted octanol–water partition coefficient (Wildman–Crippen LogP) is 5.38. The minimum absolute atomic E-state index is 0.0799. The highest BCUT2D eigenvalue weighted by molar-refractivity contribution is 9.10. The number of nitrogens with one attached hydrogen (secondary N) is 2. The van der Waals surface area contributed by atoms with Crippen molar-refractivity contribution in [3.05, 3.63) is 81.7 Å². The molecule has 0 radical (unpaired) electrons. The molecule has 31 heavy (non-hydrogen) atoms. The largest absolute Gasteiger partial charge is 0.410 e. The van der Waals surface area contributed by atoms with E-state index < -0.39 is 30.0 Å². The summed E-state index contributed by atoms with van der Waals surface area (Å²) in [7, 11) is 0. The average molecular weight is 497 g/mol. The Morgan fingerprint density at radius 1 is 1.16 bits per heavy atom. The van der Waals surface area contributed by atoms with Crippen LogP contribution in [0.1, 0.15) is 40.1 Å². The van der Waals surface area contributed by atoms with Crippen molar-refractivity contribution in [1.82, 2.24) is 15.1 Å². The number of carbonyl (C=O) groups excluding carboxylic acids is 1.